The van der Waals surface area contributed by atoms with E-state index in [1.165, 1.54) is 17.3 Å². The minimum Gasteiger partial charge on any atom is -0.440 e. The molecule has 86 valence electrons. The Morgan fingerprint density at radius 3 is 2.18 bits per heavy atom. The van der Waals surface area contributed by atoms with Crippen molar-refractivity contribution >= 4 is 28.4 Å². The zero-order valence-electron chi connectivity index (χ0n) is 9.21. The van der Waals surface area contributed by atoms with Crippen LogP contribution in [0.3, 0.4) is 0 Å². The summed E-state index contributed by atoms with van der Waals surface area (Å²) in [4.78, 5) is 0. The van der Waals surface area contributed by atoms with Gasteiger partial charge in [0.05, 0.1) is 0 Å². The van der Waals surface area contributed by atoms with Gasteiger partial charge >= 0.3 is 0 Å². The van der Waals surface area contributed by atoms with Crippen LogP contribution in [0.25, 0.3) is 0 Å². The van der Waals surface area contributed by atoms with Gasteiger partial charge in [-0.3, -0.25) is 0 Å². The Morgan fingerprint density at radius 1 is 0.941 bits per heavy atom. The SMILES string of the molecule is S=C(Oc1ccccc1)SCc1ccccc1. The molecule has 0 aliphatic heterocycles. The van der Waals surface area contributed by atoms with E-state index in [1.54, 1.807) is 0 Å². The van der Waals surface area contributed by atoms with Crippen molar-refractivity contribution in [3.63, 3.8) is 0 Å². The van der Waals surface area contributed by atoms with Crippen LogP contribution in [0.2, 0.25) is 0 Å². The molecule has 1 nitrogen and oxygen atoms in total. The molecule has 0 unspecified atom stereocenters. The third kappa shape index (κ3) is 4.21. The van der Waals surface area contributed by atoms with Crippen LogP contribution in [0.4, 0.5) is 0 Å². The summed E-state index contributed by atoms with van der Waals surface area (Å²) in [5.74, 6) is 1.63. The number of rotatable bonds is 3. The molecule has 2 aromatic rings. The molecule has 0 aliphatic rings. The Hall–Kier alpha value is -1.32. The molecule has 17 heavy (non-hydrogen) atoms. The average molecular weight is 260 g/mol. The predicted octanol–water partition coefficient (Wildman–Crippen LogP) is 4.28. The van der Waals surface area contributed by atoms with E-state index in [4.69, 9.17) is 17.0 Å². The third-order valence-electron chi connectivity index (χ3n) is 2.14. The van der Waals surface area contributed by atoms with Crippen LogP contribution in [0.15, 0.2) is 60.7 Å². The molecule has 0 atom stereocenters. The lowest BCUT2D eigenvalue weighted by atomic mass is 10.2. The first-order valence-corrected chi connectivity index (χ1v) is 6.67. The molecule has 0 bridgehead atoms. The van der Waals surface area contributed by atoms with Crippen LogP contribution in [-0.2, 0) is 5.75 Å². The number of hydrogen-bond acceptors (Lipinski definition) is 3. The monoisotopic (exact) mass is 260 g/mol. The van der Waals surface area contributed by atoms with Crippen molar-refractivity contribution in [3.05, 3.63) is 66.2 Å². The van der Waals surface area contributed by atoms with Crippen molar-refractivity contribution in [3.8, 4) is 5.75 Å². The summed E-state index contributed by atoms with van der Waals surface area (Å²) in [6.07, 6.45) is 0. The van der Waals surface area contributed by atoms with Gasteiger partial charge < -0.3 is 4.74 Å². The van der Waals surface area contributed by atoms with Gasteiger partial charge in [-0.1, -0.05) is 60.3 Å². The molecule has 3 heteroatoms. The smallest absolute Gasteiger partial charge is 0.226 e. The highest BCUT2D eigenvalue weighted by Crippen LogP contribution is 2.17. The summed E-state index contributed by atoms with van der Waals surface area (Å²) in [7, 11) is 0. The largest absolute Gasteiger partial charge is 0.440 e. The lowest BCUT2D eigenvalue weighted by Gasteiger charge is -2.06. The zero-order chi connectivity index (χ0) is 11.9. The number of hydrogen-bond donors (Lipinski definition) is 0. The van der Waals surface area contributed by atoms with Gasteiger partial charge in [0.15, 0.2) is 0 Å². The van der Waals surface area contributed by atoms with Gasteiger partial charge in [0.25, 0.3) is 0 Å². The fourth-order valence-electron chi connectivity index (χ4n) is 1.33. The predicted molar refractivity (Wildman–Crippen MR) is 77.4 cm³/mol. The normalized spacial score (nSPS) is 9.88. The molecule has 0 aliphatic carbocycles. The summed E-state index contributed by atoms with van der Waals surface area (Å²) in [5.41, 5.74) is 1.25. The van der Waals surface area contributed by atoms with Gasteiger partial charge in [-0.2, -0.15) is 0 Å². The van der Waals surface area contributed by atoms with E-state index in [0.29, 0.717) is 4.38 Å². The van der Waals surface area contributed by atoms with Crippen molar-refractivity contribution in [1.82, 2.24) is 0 Å². The molecule has 0 saturated heterocycles. The molecule has 0 spiro atoms. The molecule has 0 N–H and O–H groups in total. The minimum absolute atomic E-state index is 0.556. The maximum atomic E-state index is 5.53. The van der Waals surface area contributed by atoms with E-state index < -0.39 is 0 Å². The van der Waals surface area contributed by atoms with Crippen LogP contribution in [0.5, 0.6) is 5.75 Å². The van der Waals surface area contributed by atoms with E-state index >= 15 is 0 Å². The number of thiocarbonyl (C=S) groups is 1. The Morgan fingerprint density at radius 2 is 1.53 bits per heavy atom. The molecule has 2 aromatic carbocycles. The van der Waals surface area contributed by atoms with Gasteiger partial charge in [-0.15, -0.1) is 0 Å². The van der Waals surface area contributed by atoms with Crippen molar-refractivity contribution in [2.24, 2.45) is 0 Å². The Labute approximate surface area is 111 Å². The standard InChI is InChI=1S/C14H12OS2/c16-14(15-13-9-5-2-6-10-13)17-11-12-7-3-1-4-8-12/h1-10H,11H2. The van der Waals surface area contributed by atoms with Crippen molar-refractivity contribution in [2.75, 3.05) is 0 Å². The van der Waals surface area contributed by atoms with Crippen molar-refractivity contribution < 1.29 is 4.74 Å². The topological polar surface area (TPSA) is 9.23 Å². The van der Waals surface area contributed by atoms with Crippen molar-refractivity contribution in [1.29, 1.82) is 0 Å². The first kappa shape index (κ1) is 12.1. The van der Waals surface area contributed by atoms with Gasteiger partial charge in [0.1, 0.15) is 5.75 Å². The van der Waals surface area contributed by atoms with Gasteiger partial charge in [-0.05, 0) is 29.9 Å². The number of para-hydroxylation sites is 1. The van der Waals surface area contributed by atoms with E-state index in [0.717, 1.165) is 11.5 Å². The van der Waals surface area contributed by atoms with Crippen LogP contribution in [0.1, 0.15) is 5.56 Å². The Balaban J connectivity index is 1.83. The minimum atomic E-state index is 0.556. The molecule has 0 heterocycles. The second-order valence-electron chi connectivity index (χ2n) is 3.44. The average Bonchev–Trinajstić information content (AvgIpc) is 2.39. The first-order chi connectivity index (χ1) is 8.34. The van der Waals surface area contributed by atoms with Gasteiger partial charge in [0, 0.05) is 5.75 Å². The van der Waals surface area contributed by atoms with Gasteiger partial charge in [-0.25, -0.2) is 0 Å². The summed E-state index contributed by atoms with van der Waals surface area (Å²) < 4.78 is 6.09. The highest BCUT2D eigenvalue weighted by molar-refractivity contribution is 8.22. The second kappa shape index (κ2) is 6.42. The van der Waals surface area contributed by atoms with Crippen LogP contribution in [-0.4, -0.2) is 4.38 Å². The Kier molecular flexibility index (Phi) is 4.59. The quantitative estimate of drug-likeness (QED) is 0.762. The fraction of sp³-hybridized carbons (Fsp3) is 0.0714. The molecule has 0 radical (unpaired) electrons. The van der Waals surface area contributed by atoms with Crippen LogP contribution >= 0.6 is 24.0 Å². The van der Waals surface area contributed by atoms with E-state index in [1.807, 2.05) is 48.5 Å². The fourth-order valence-corrected chi connectivity index (χ4v) is 2.24. The molecule has 0 fully saturated rings. The molecule has 0 saturated carbocycles. The number of ether oxygens (including phenoxy) is 1. The summed E-state index contributed by atoms with van der Waals surface area (Å²) in [5, 5.41) is 0. The van der Waals surface area contributed by atoms with Gasteiger partial charge in [0.2, 0.25) is 4.38 Å². The first-order valence-electron chi connectivity index (χ1n) is 5.28. The Bertz CT molecular complexity index is 468. The van der Waals surface area contributed by atoms with Crippen molar-refractivity contribution in [2.45, 2.75) is 5.75 Å². The van der Waals surface area contributed by atoms with E-state index in [-0.39, 0.29) is 0 Å². The highest BCUT2D eigenvalue weighted by atomic mass is 32.2. The van der Waals surface area contributed by atoms with Crippen LogP contribution in [0, 0.1) is 0 Å². The zero-order valence-corrected chi connectivity index (χ0v) is 10.8. The maximum Gasteiger partial charge on any atom is 0.226 e. The van der Waals surface area contributed by atoms with E-state index in [9.17, 15) is 0 Å². The second-order valence-corrected chi connectivity index (χ2v) is 5.02. The molecule has 2 rings (SSSR count). The molecule has 0 aromatic heterocycles. The summed E-state index contributed by atoms with van der Waals surface area (Å²) in [6, 6.07) is 19.8. The number of thioether (sulfide) groups is 1. The summed E-state index contributed by atoms with van der Waals surface area (Å²) in [6.45, 7) is 0. The maximum absolute atomic E-state index is 5.53. The molecular weight excluding hydrogens is 248 g/mol. The third-order valence-corrected chi connectivity index (χ3v) is 3.38. The lowest BCUT2D eigenvalue weighted by molar-refractivity contribution is 0.579. The molecular formula is C14H12OS2. The lowest BCUT2D eigenvalue weighted by Crippen LogP contribution is -2.00. The van der Waals surface area contributed by atoms with Crippen LogP contribution < -0.4 is 4.74 Å². The highest BCUT2D eigenvalue weighted by Gasteiger charge is 2.01. The van der Waals surface area contributed by atoms with E-state index in [2.05, 4.69) is 12.1 Å². The molecule has 0 amide bonds. The number of benzene rings is 2. The summed E-state index contributed by atoms with van der Waals surface area (Å²) >= 11 is 6.71.